The number of nitrogens with zero attached hydrogens (tertiary/aromatic N) is 1. The molecule has 1 fully saturated rings. The molecule has 0 aliphatic carbocycles. The highest BCUT2D eigenvalue weighted by Gasteiger charge is 2.27. The summed E-state index contributed by atoms with van der Waals surface area (Å²) < 4.78 is 27.9. The Hall–Kier alpha value is -1.78. The molecule has 2 aromatic carbocycles. The fraction of sp³-hybridized carbons (Fsp3) is 0.294. The van der Waals surface area contributed by atoms with Crippen molar-refractivity contribution in [3.8, 4) is 0 Å². The summed E-state index contributed by atoms with van der Waals surface area (Å²) in [7, 11) is 0. The molecule has 1 aliphatic rings. The lowest BCUT2D eigenvalue weighted by molar-refractivity contribution is 0.194. The maximum atomic E-state index is 14.3. The van der Waals surface area contributed by atoms with Gasteiger partial charge < -0.3 is 5.32 Å². The SMILES string of the molecule is Fc1cccc(C(c2ccccc2)N2CCNCC2)c1F. The second-order valence-electron chi connectivity index (χ2n) is 5.24. The summed E-state index contributed by atoms with van der Waals surface area (Å²) in [5.41, 5.74) is 1.40. The van der Waals surface area contributed by atoms with Gasteiger partial charge >= 0.3 is 0 Å². The third-order valence-corrected chi connectivity index (χ3v) is 3.91. The van der Waals surface area contributed by atoms with E-state index in [1.54, 1.807) is 12.1 Å². The normalized spacial score (nSPS) is 17.6. The molecule has 21 heavy (non-hydrogen) atoms. The molecule has 0 bridgehead atoms. The van der Waals surface area contributed by atoms with Crippen molar-refractivity contribution in [2.24, 2.45) is 0 Å². The first-order chi connectivity index (χ1) is 10.3. The van der Waals surface area contributed by atoms with Gasteiger partial charge in [-0.3, -0.25) is 4.90 Å². The van der Waals surface area contributed by atoms with Gasteiger partial charge in [0.15, 0.2) is 11.6 Å². The van der Waals surface area contributed by atoms with Crippen molar-refractivity contribution in [3.63, 3.8) is 0 Å². The van der Waals surface area contributed by atoms with Gasteiger partial charge in [-0.1, -0.05) is 42.5 Å². The van der Waals surface area contributed by atoms with Gasteiger partial charge in [-0.05, 0) is 11.6 Å². The molecule has 1 saturated heterocycles. The average molecular weight is 288 g/mol. The lowest BCUT2D eigenvalue weighted by Gasteiger charge is -2.35. The number of rotatable bonds is 3. The standard InChI is InChI=1S/C17H18F2N2/c18-15-8-4-7-14(16(15)19)17(13-5-2-1-3-6-13)21-11-9-20-10-12-21/h1-8,17,20H,9-12H2. The maximum Gasteiger partial charge on any atom is 0.163 e. The lowest BCUT2D eigenvalue weighted by Crippen LogP contribution is -2.45. The molecule has 0 aromatic heterocycles. The minimum Gasteiger partial charge on any atom is -0.314 e. The van der Waals surface area contributed by atoms with Gasteiger partial charge in [-0.25, -0.2) is 8.78 Å². The molecule has 0 spiro atoms. The average Bonchev–Trinajstić information content (AvgIpc) is 2.54. The highest BCUT2D eigenvalue weighted by Crippen LogP contribution is 2.31. The van der Waals surface area contributed by atoms with Crippen LogP contribution in [0.4, 0.5) is 8.78 Å². The quantitative estimate of drug-likeness (QED) is 0.934. The van der Waals surface area contributed by atoms with Gasteiger partial charge in [0.2, 0.25) is 0 Å². The summed E-state index contributed by atoms with van der Waals surface area (Å²) in [6.45, 7) is 3.35. The van der Waals surface area contributed by atoms with E-state index < -0.39 is 11.6 Å². The summed E-state index contributed by atoms with van der Waals surface area (Å²) in [5, 5.41) is 3.29. The molecule has 1 heterocycles. The van der Waals surface area contributed by atoms with Crippen LogP contribution in [0.25, 0.3) is 0 Å². The number of hydrogen-bond acceptors (Lipinski definition) is 2. The summed E-state index contributed by atoms with van der Waals surface area (Å²) in [4.78, 5) is 2.20. The molecule has 3 rings (SSSR count). The highest BCUT2D eigenvalue weighted by molar-refractivity contribution is 5.33. The topological polar surface area (TPSA) is 15.3 Å². The molecule has 2 nitrogen and oxygen atoms in total. The molecule has 0 amide bonds. The predicted octanol–water partition coefficient (Wildman–Crippen LogP) is 2.96. The van der Waals surface area contributed by atoms with Crippen LogP contribution < -0.4 is 5.32 Å². The Labute approximate surface area is 123 Å². The van der Waals surface area contributed by atoms with Crippen molar-refractivity contribution >= 4 is 0 Å². The van der Waals surface area contributed by atoms with Crippen molar-refractivity contribution in [1.82, 2.24) is 10.2 Å². The molecule has 0 radical (unpaired) electrons. The van der Waals surface area contributed by atoms with Crippen molar-refractivity contribution in [3.05, 3.63) is 71.3 Å². The van der Waals surface area contributed by atoms with Gasteiger partial charge in [0.05, 0.1) is 6.04 Å². The van der Waals surface area contributed by atoms with Gasteiger partial charge in [0, 0.05) is 31.7 Å². The van der Waals surface area contributed by atoms with Crippen LogP contribution in [0.2, 0.25) is 0 Å². The van der Waals surface area contributed by atoms with Crippen LogP contribution >= 0.6 is 0 Å². The molecule has 0 saturated carbocycles. The Morgan fingerprint density at radius 2 is 1.62 bits per heavy atom. The van der Waals surface area contributed by atoms with Gasteiger partial charge in [-0.2, -0.15) is 0 Å². The van der Waals surface area contributed by atoms with Crippen LogP contribution in [0, 0.1) is 11.6 Å². The molecular formula is C17H18F2N2. The fourth-order valence-electron chi connectivity index (χ4n) is 2.89. The predicted molar refractivity (Wildman–Crippen MR) is 79.1 cm³/mol. The fourth-order valence-corrected chi connectivity index (χ4v) is 2.89. The van der Waals surface area contributed by atoms with E-state index >= 15 is 0 Å². The van der Waals surface area contributed by atoms with E-state index in [1.165, 1.54) is 6.07 Å². The van der Waals surface area contributed by atoms with Gasteiger partial charge in [0.1, 0.15) is 0 Å². The Balaban J connectivity index is 2.05. The van der Waals surface area contributed by atoms with Crippen LogP contribution in [0.15, 0.2) is 48.5 Å². The molecule has 2 aromatic rings. The third kappa shape index (κ3) is 2.96. The monoisotopic (exact) mass is 288 g/mol. The van der Waals surface area contributed by atoms with Crippen LogP contribution in [0.5, 0.6) is 0 Å². The smallest absolute Gasteiger partial charge is 0.163 e. The van der Waals surface area contributed by atoms with Crippen molar-refractivity contribution in [2.75, 3.05) is 26.2 Å². The number of piperazine rings is 1. The van der Waals surface area contributed by atoms with Crippen molar-refractivity contribution in [2.45, 2.75) is 6.04 Å². The second kappa shape index (κ2) is 6.33. The highest BCUT2D eigenvalue weighted by atomic mass is 19.2. The van der Waals surface area contributed by atoms with E-state index in [-0.39, 0.29) is 6.04 Å². The largest absolute Gasteiger partial charge is 0.314 e. The second-order valence-corrected chi connectivity index (χ2v) is 5.24. The van der Waals surface area contributed by atoms with Crippen LogP contribution in [-0.4, -0.2) is 31.1 Å². The van der Waals surface area contributed by atoms with Crippen molar-refractivity contribution in [1.29, 1.82) is 0 Å². The van der Waals surface area contributed by atoms with Gasteiger partial charge in [-0.15, -0.1) is 0 Å². The molecule has 110 valence electrons. The van der Waals surface area contributed by atoms with E-state index in [2.05, 4.69) is 10.2 Å². The Morgan fingerprint density at radius 3 is 2.33 bits per heavy atom. The number of nitrogens with one attached hydrogen (secondary N) is 1. The van der Waals surface area contributed by atoms with E-state index in [9.17, 15) is 8.78 Å². The minimum atomic E-state index is -0.788. The first-order valence-corrected chi connectivity index (χ1v) is 7.21. The summed E-state index contributed by atoms with van der Waals surface area (Å²) in [6, 6.07) is 13.9. The molecule has 1 unspecified atom stereocenters. The van der Waals surface area contributed by atoms with Crippen LogP contribution in [-0.2, 0) is 0 Å². The van der Waals surface area contributed by atoms with E-state index in [0.29, 0.717) is 5.56 Å². The zero-order valence-corrected chi connectivity index (χ0v) is 11.7. The molecular weight excluding hydrogens is 270 g/mol. The molecule has 1 N–H and O–H groups in total. The molecule has 1 atom stereocenters. The van der Waals surface area contributed by atoms with Gasteiger partial charge in [0.25, 0.3) is 0 Å². The number of hydrogen-bond donors (Lipinski definition) is 1. The summed E-state index contributed by atoms with van der Waals surface area (Å²) in [6.07, 6.45) is 0. The first kappa shape index (κ1) is 14.2. The summed E-state index contributed by atoms with van der Waals surface area (Å²) in [5.74, 6) is -1.53. The zero-order valence-electron chi connectivity index (χ0n) is 11.7. The molecule has 4 heteroatoms. The number of benzene rings is 2. The van der Waals surface area contributed by atoms with E-state index in [4.69, 9.17) is 0 Å². The van der Waals surface area contributed by atoms with E-state index in [0.717, 1.165) is 31.7 Å². The Morgan fingerprint density at radius 1 is 0.905 bits per heavy atom. The first-order valence-electron chi connectivity index (χ1n) is 7.21. The zero-order chi connectivity index (χ0) is 14.7. The van der Waals surface area contributed by atoms with Crippen LogP contribution in [0.3, 0.4) is 0 Å². The maximum absolute atomic E-state index is 14.3. The lowest BCUT2D eigenvalue weighted by atomic mass is 9.96. The van der Waals surface area contributed by atoms with E-state index in [1.807, 2.05) is 30.3 Å². The Kier molecular flexibility index (Phi) is 4.27. The van der Waals surface area contributed by atoms with Crippen molar-refractivity contribution < 1.29 is 8.78 Å². The third-order valence-electron chi connectivity index (χ3n) is 3.91. The number of halogens is 2. The summed E-state index contributed by atoms with van der Waals surface area (Å²) >= 11 is 0. The van der Waals surface area contributed by atoms with Crippen LogP contribution in [0.1, 0.15) is 17.2 Å². The molecule has 1 aliphatic heterocycles. The minimum absolute atomic E-state index is 0.246. The Bertz CT molecular complexity index is 595.